The van der Waals surface area contributed by atoms with Crippen LogP contribution in [0, 0.1) is 5.92 Å². The average Bonchev–Trinajstić information content (AvgIpc) is 2.67. The van der Waals surface area contributed by atoms with E-state index >= 15 is 0 Å². The van der Waals surface area contributed by atoms with Gasteiger partial charge in [-0.15, -0.1) is 0 Å². The first-order chi connectivity index (χ1) is 12.6. The van der Waals surface area contributed by atoms with Crippen LogP contribution in [0.4, 0.5) is 0 Å². The van der Waals surface area contributed by atoms with E-state index in [0.717, 1.165) is 38.6 Å². The van der Waals surface area contributed by atoms with Crippen LogP contribution < -0.4 is 16.0 Å². The Kier molecular flexibility index (Phi) is 9.57. The number of ether oxygens (including phenoxy) is 1. The standard InChI is InChI=1S/C20H37N3O3/c1-3-26-18-9-6-7-15(11-18)19(24)14-23-20(25)13-17(21-2)12-16-8-4-5-10-22-16/h15-18,21-22H,3-14H2,1-2H3,(H,23,25)/t15?,16?,17-,18?/m0/s1. The number of hydrogen-bond acceptors (Lipinski definition) is 5. The van der Waals surface area contributed by atoms with Gasteiger partial charge in [0.15, 0.2) is 5.78 Å². The molecule has 1 aliphatic carbocycles. The zero-order valence-corrected chi connectivity index (χ0v) is 16.5. The molecule has 2 rings (SSSR count). The number of amides is 1. The lowest BCUT2D eigenvalue weighted by Crippen LogP contribution is -2.43. The first kappa shape index (κ1) is 21.3. The van der Waals surface area contributed by atoms with Gasteiger partial charge >= 0.3 is 0 Å². The minimum absolute atomic E-state index is 0.0344. The Balaban J connectivity index is 1.68. The summed E-state index contributed by atoms with van der Waals surface area (Å²) in [6.45, 7) is 3.92. The summed E-state index contributed by atoms with van der Waals surface area (Å²) in [5, 5.41) is 9.61. The summed E-state index contributed by atoms with van der Waals surface area (Å²) in [6, 6.07) is 0.645. The molecule has 1 amide bonds. The molecule has 1 saturated carbocycles. The fourth-order valence-corrected chi connectivity index (χ4v) is 4.22. The lowest BCUT2D eigenvalue weighted by atomic mass is 9.84. The summed E-state index contributed by atoms with van der Waals surface area (Å²) in [4.78, 5) is 24.7. The van der Waals surface area contributed by atoms with Gasteiger partial charge < -0.3 is 20.7 Å². The predicted octanol–water partition coefficient (Wildman–Crippen LogP) is 1.78. The highest BCUT2D eigenvalue weighted by atomic mass is 16.5. The van der Waals surface area contributed by atoms with Crippen molar-refractivity contribution in [1.82, 2.24) is 16.0 Å². The molecule has 1 saturated heterocycles. The number of Topliss-reactive ketones (excluding diaryl/α,β-unsaturated/α-hetero) is 1. The minimum atomic E-state index is -0.0364. The fraction of sp³-hybridized carbons (Fsp3) is 0.900. The number of carbonyl (C=O) groups excluding carboxylic acids is 2. The largest absolute Gasteiger partial charge is 0.378 e. The quantitative estimate of drug-likeness (QED) is 0.548. The van der Waals surface area contributed by atoms with Crippen molar-refractivity contribution >= 4 is 11.7 Å². The van der Waals surface area contributed by atoms with E-state index in [1.54, 1.807) is 0 Å². The molecule has 4 atom stereocenters. The molecule has 1 aliphatic heterocycles. The van der Waals surface area contributed by atoms with Crippen LogP contribution in [0.25, 0.3) is 0 Å². The molecule has 2 aliphatic rings. The summed E-state index contributed by atoms with van der Waals surface area (Å²) in [6.07, 6.45) is 9.07. The van der Waals surface area contributed by atoms with Gasteiger partial charge in [0.1, 0.15) is 0 Å². The highest BCUT2D eigenvalue weighted by molar-refractivity contribution is 5.87. The minimum Gasteiger partial charge on any atom is -0.378 e. The van der Waals surface area contributed by atoms with Crippen molar-refractivity contribution in [2.24, 2.45) is 5.92 Å². The number of rotatable bonds is 10. The van der Waals surface area contributed by atoms with Gasteiger partial charge in [0.25, 0.3) is 0 Å². The number of carbonyl (C=O) groups is 2. The molecule has 1 heterocycles. The molecule has 2 fully saturated rings. The van der Waals surface area contributed by atoms with Crippen molar-refractivity contribution < 1.29 is 14.3 Å². The monoisotopic (exact) mass is 367 g/mol. The van der Waals surface area contributed by atoms with Crippen LogP contribution in [-0.4, -0.2) is 56.6 Å². The van der Waals surface area contributed by atoms with E-state index in [2.05, 4.69) is 16.0 Å². The van der Waals surface area contributed by atoms with Crippen molar-refractivity contribution in [2.45, 2.75) is 82.9 Å². The second-order valence-electron chi connectivity index (χ2n) is 7.76. The maximum atomic E-state index is 12.4. The van der Waals surface area contributed by atoms with E-state index in [-0.39, 0.29) is 36.3 Å². The summed E-state index contributed by atoms with van der Waals surface area (Å²) >= 11 is 0. The Bertz CT molecular complexity index is 436. The molecule has 0 aromatic rings. The van der Waals surface area contributed by atoms with Crippen molar-refractivity contribution in [3.63, 3.8) is 0 Å². The van der Waals surface area contributed by atoms with Crippen molar-refractivity contribution in [3.8, 4) is 0 Å². The lowest BCUT2D eigenvalue weighted by Gasteiger charge is -2.28. The topological polar surface area (TPSA) is 79.5 Å². The van der Waals surface area contributed by atoms with Crippen LogP contribution in [0.1, 0.15) is 64.7 Å². The number of nitrogens with one attached hydrogen (secondary N) is 3. The van der Waals surface area contributed by atoms with E-state index in [1.807, 2.05) is 14.0 Å². The third-order valence-electron chi connectivity index (χ3n) is 5.77. The molecule has 3 unspecified atom stereocenters. The van der Waals surface area contributed by atoms with Gasteiger partial charge in [0, 0.05) is 31.0 Å². The number of piperidine rings is 1. The zero-order chi connectivity index (χ0) is 18.8. The molecule has 0 radical (unpaired) electrons. The highest BCUT2D eigenvalue weighted by Crippen LogP contribution is 2.26. The SMILES string of the molecule is CCOC1CCCC(C(=O)CNC(=O)C[C@H](CC2CCCCN2)NC)C1. The van der Waals surface area contributed by atoms with Gasteiger partial charge in [-0.25, -0.2) is 0 Å². The third kappa shape index (κ3) is 7.33. The molecular formula is C20H37N3O3. The van der Waals surface area contributed by atoms with E-state index in [4.69, 9.17) is 4.74 Å². The van der Waals surface area contributed by atoms with E-state index in [0.29, 0.717) is 19.1 Å². The van der Waals surface area contributed by atoms with Crippen LogP contribution in [0.5, 0.6) is 0 Å². The summed E-state index contributed by atoms with van der Waals surface area (Å²) < 4.78 is 5.67. The average molecular weight is 368 g/mol. The lowest BCUT2D eigenvalue weighted by molar-refractivity contribution is -0.128. The van der Waals surface area contributed by atoms with Crippen LogP contribution >= 0.6 is 0 Å². The first-order valence-electron chi connectivity index (χ1n) is 10.4. The van der Waals surface area contributed by atoms with Gasteiger partial charge in [-0.05, 0) is 59.0 Å². The summed E-state index contributed by atoms with van der Waals surface area (Å²) in [5.74, 6) is 0.149. The normalized spacial score (nSPS) is 27.7. The first-order valence-corrected chi connectivity index (χ1v) is 10.4. The van der Waals surface area contributed by atoms with E-state index in [9.17, 15) is 9.59 Å². The Morgan fingerprint density at radius 3 is 2.73 bits per heavy atom. The molecule has 150 valence electrons. The van der Waals surface area contributed by atoms with Crippen LogP contribution in [0.2, 0.25) is 0 Å². The third-order valence-corrected chi connectivity index (χ3v) is 5.77. The molecule has 26 heavy (non-hydrogen) atoms. The van der Waals surface area contributed by atoms with Gasteiger partial charge in [-0.3, -0.25) is 9.59 Å². The number of ketones is 1. The molecule has 0 spiro atoms. The molecular weight excluding hydrogens is 330 g/mol. The molecule has 0 aromatic carbocycles. The van der Waals surface area contributed by atoms with Gasteiger partial charge in [-0.1, -0.05) is 12.8 Å². The Labute approximate surface area is 158 Å². The molecule has 6 nitrogen and oxygen atoms in total. The number of hydrogen-bond donors (Lipinski definition) is 3. The maximum absolute atomic E-state index is 12.4. The highest BCUT2D eigenvalue weighted by Gasteiger charge is 2.27. The van der Waals surface area contributed by atoms with Crippen molar-refractivity contribution in [2.75, 3.05) is 26.7 Å². The van der Waals surface area contributed by atoms with Crippen LogP contribution in [-0.2, 0) is 14.3 Å². The maximum Gasteiger partial charge on any atom is 0.221 e. The fourth-order valence-electron chi connectivity index (χ4n) is 4.22. The second-order valence-corrected chi connectivity index (χ2v) is 7.76. The smallest absolute Gasteiger partial charge is 0.221 e. The Hall–Kier alpha value is -0.980. The molecule has 3 N–H and O–H groups in total. The van der Waals surface area contributed by atoms with Gasteiger partial charge in [0.2, 0.25) is 5.91 Å². The Morgan fingerprint density at radius 1 is 1.19 bits per heavy atom. The van der Waals surface area contributed by atoms with Crippen LogP contribution in [0.15, 0.2) is 0 Å². The van der Waals surface area contributed by atoms with E-state index < -0.39 is 0 Å². The van der Waals surface area contributed by atoms with Crippen molar-refractivity contribution in [1.29, 1.82) is 0 Å². The second kappa shape index (κ2) is 11.7. The van der Waals surface area contributed by atoms with Gasteiger partial charge in [0.05, 0.1) is 12.6 Å². The summed E-state index contributed by atoms with van der Waals surface area (Å²) in [5.41, 5.74) is 0. The van der Waals surface area contributed by atoms with Gasteiger partial charge in [-0.2, -0.15) is 0 Å². The molecule has 6 heteroatoms. The predicted molar refractivity (Wildman–Crippen MR) is 103 cm³/mol. The Morgan fingerprint density at radius 2 is 2.04 bits per heavy atom. The molecule has 0 aromatic heterocycles. The van der Waals surface area contributed by atoms with Crippen molar-refractivity contribution in [3.05, 3.63) is 0 Å². The zero-order valence-electron chi connectivity index (χ0n) is 16.5. The van der Waals surface area contributed by atoms with Crippen LogP contribution in [0.3, 0.4) is 0 Å². The summed E-state index contributed by atoms with van der Waals surface area (Å²) in [7, 11) is 1.90. The molecule has 0 bridgehead atoms. The van der Waals surface area contributed by atoms with E-state index in [1.165, 1.54) is 19.3 Å².